The quantitative estimate of drug-likeness (QED) is 0.924. The molecule has 0 saturated carbocycles. The molecule has 1 aliphatic heterocycles. The van der Waals surface area contributed by atoms with Gasteiger partial charge in [0.15, 0.2) is 0 Å². The van der Waals surface area contributed by atoms with Crippen LogP contribution in [0.25, 0.3) is 10.9 Å². The summed E-state index contributed by atoms with van der Waals surface area (Å²) >= 11 is 1.91. The van der Waals surface area contributed by atoms with Gasteiger partial charge in [-0.25, -0.2) is 0 Å². The highest BCUT2D eigenvalue weighted by Crippen LogP contribution is 2.25. The fourth-order valence-electron chi connectivity index (χ4n) is 2.79. The van der Waals surface area contributed by atoms with Crippen LogP contribution in [0.2, 0.25) is 0 Å². The predicted octanol–water partition coefficient (Wildman–Crippen LogP) is 3.40. The lowest BCUT2D eigenvalue weighted by Gasteiger charge is -2.16. The Bertz CT molecular complexity index is 705. The van der Waals surface area contributed by atoms with Gasteiger partial charge in [-0.1, -0.05) is 11.6 Å². The van der Waals surface area contributed by atoms with E-state index in [0.717, 1.165) is 51.2 Å². The van der Waals surface area contributed by atoms with E-state index in [0.29, 0.717) is 6.04 Å². The van der Waals surface area contributed by atoms with Crippen LogP contribution in [-0.2, 0) is 0 Å². The highest BCUT2D eigenvalue weighted by molar-refractivity contribution is 7.99. The van der Waals surface area contributed by atoms with E-state index in [1.807, 2.05) is 44.7 Å². The number of nitrogens with one attached hydrogen (secondary N) is 1. The van der Waals surface area contributed by atoms with Gasteiger partial charge in [-0.2, -0.15) is 11.8 Å². The number of pyridine rings is 1. The first-order valence-corrected chi connectivity index (χ1v) is 8.48. The average Bonchev–Trinajstić information content (AvgIpc) is 2.93. The highest BCUT2D eigenvalue weighted by atomic mass is 32.2. The Labute approximate surface area is 129 Å². The van der Waals surface area contributed by atoms with Crippen LogP contribution in [0.3, 0.4) is 0 Å². The standard InChI is InChI=1S/C17H20N2OS/c1-10-4-5-15-14(8-10)16(11(2)12(3)18-15)17(20)19-13-6-7-21-9-13/h4-5,8,13H,6-7,9H2,1-3H3,(H,19,20)/t13-/m1/s1. The second kappa shape index (κ2) is 5.68. The minimum absolute atomic E-state index is 0.0427. The van der Waals surface area contributed by atoms with E-state index >= 15 is 0 Å². The molecule has 1 fully saturated rings. The topological polar surface area (TPSA) is 42.0 Å². The van der Waals surface area contributed by atoms with E-state index < -0.39 is 0 Å². The van der Waals surface area contributed by atoms with Gasteiger partial charge in [0.25, 0.3) is 5.91 Å². The summed E-state index contributed by atoms with van der Waals surface area (Å²) in [5.41, 5.74) is 4.75. The molecule has 1 saturated heterocycles. The Kier molecular flexibility index (Phi) is 3.89. The molecule has 0 bridgehead atoms. The summed E-state index contributed by atoms with van der Waals surface area (Å²) in [5, 5.41) is 4.15. The van der Waals surface area contributed by atoms with Crippen molar-refractivity contribution in [1.29, 1.82) is 0 Å². The monoisotopic (exact) mass is 300 g/mol. The zero-order valence-corrected chi connectivity index (χ0v) is 13.5. The molecule has 1 aliphatic rings. The number of amides is 1. The SMILES string of the molecule is Cc1ccc2nc(C)c(C)c(C(=O)N[C@@H]3CCSC3)c2c1. The van der Waals surface area contributed by atoms with Gasteiger partial charge in [0.05, 0.1) is 11.1 Å². The number of carbonyl (C=O) groups is 1. The zero-order valence-electron chi connectivity index (χ0n) is 12.7. The second-order valence-electron chi connectivity index (χ2n) is 5.75. The van der Waals surface area contributed by atoms with Crippen molar-refractivity contribution in [3.8, 4) is 0 Å². The Balaban J connectivity index is 2.08. The van der Waals surface area contributed by atoms with E-state index in [4.69, 9.17) is 0 Å². The molecule has 3 rings (SSSR count). The van der Waals surface area contributed by atoms with Crippen LogP contribution in [0.4, 0.5) is 0 Å². The lowest BCUT2D eigenvalue weighted by molar-refractivity contribution is 0.0942. The lowest BCUT2D eigenvalue weighted by atomic mass is 9.99. The number of hydrogen-bond acceptors (Lipinski definition) is 3. The third-order valence-corrected chi connectivity index (χ3v) is 5.28. The van der Waals surface area contributed by atoms with Gasteiger partial charge in [0.1, 0.15) is 0 Å². The minimum atomic E-state index is 0.0427. The fourth-order valence-corrected chi connectivity index (χ4v) is 3.95. The molecular weight excluding hydrogens is 280 g/mol. The van der Waals surface area contributed by atoms with E-state index in [-0.39, 0.29) is 5.91 Å². The highest BCUT2D eigenvalue weighted by Gasteiger charge is 2.22. The average molecular weight is 300 g/mol. The molecule has 3 nitrogen and oxygen atoms in total. The van der Waals surface area contributed by atoms with Crippen LogP contribution >= 0.6 is 11.8 Å². The predicted molar refractivity (Wildman–Crippen MR) is 89.2 cm³/mol. The molecule has 110 valence electrons. The molecule has 1 amide bonds. The van der Waals surface area contributed by atoms with Crippen molar-refractivity contribution in [3.05, 3.63) is 40.6 Å². The molecule has 0 radical (unpaired) electrons. The van der Waals surface area contributed by atoms with Crippen LogP contribution in [-0.4, -0.2) is 28.4 Å². The summed E-state index contributed by atoms with van der Waals surface area (Å²) in [6.07, 6.45) is 1.07. The number of rotatable bonds is 2. The smallest absolute Gasteiger partial charge is 0.252 e. The van der Waals surface area contributed by atoms with Gasteiger partial charge in [-0.3, -0.25) is 9.78 Å². The summed E-state index contributed by atoms with van der Waals surface area (Å²) in [6, 6.07) is 6.40. The van der Waals surface area contributed by atoms with Gasteiger partial charge < -0.3 is 5.32 Å². The van der Waals surface area contributed by atoms with Crippen LogP contribution in [0.1, 0.15) is 33.6 Å². The molecule has 1 aromatic carbocycles. The first kappa shape index (κ1) is 14.4. The molecule has 0 unspecified atom stereocenters. The van der Waals surface area contributed by atoms with Crippen LogP contribution in [0, 0.1) is 20.8 Å². The summed E-state index contributed by atoms with van der Waals surface area (Å²) in [7, 11) is 0. The maximum atomic E-state index is 12.8. The van der Waals surface area contributed by atoms with Gasteiger partial charge in [0, 0.05) is 22.9 Å². The largest absolute Gasteiger partial charge is 0.348 e. The van der Waals surface area contributed by atoms with Gasteiger partial charge in [-0.15, -0.1) is 0 Å². The first-order valence-electron chi connectivity index (χ1n) is 7.32. The van der Waals surface area contributed by atoms with E-state index in [1.165, 1.54) is 0 Å². The molecule has 4 heteroatoms. The third-order valence-electron chi connectivity index (χ3n) is 4.12. The van der Waals surface area contributed by atoms with Crippen molar-refractivity contribution in [2.45, 2.75) is 33.2 Å². The summed E-state index contributed by atoms with van der Waals surface area (Å²) in [6.45, 7) is 6.00. The Morgan fingerprint density at radius 2 is 2.14 bits per heavy atom. The normalized spacial score (nSPS) is 18.1. The maximum Gasteiger partial charge on any atom is 0.252 e. The van der Waals surface area contributed by atoms with Crippen molar-refractivity contribution in [2.24, 2.45) is 0 Å². The first-order chi connectivity index (χ1) is 10.1. The number of nitrogens with zero attached hydrogens (tertiary/aromatic N) is 1. The van der Waals surface area contributed by atoms with E-state index in [2.05, 4.69) is 16.4 Å². The molecule has 2 heterocycles. The van der Waals surface area contributed by atoms with Gasteiger partial charge in [0.2, 0.25) is 0 Å². The fraction of sp³-hybridized carbons (Fsp3) is 0.412. The van der Waals surface area contributed by atoms with E-state index in [9.17, 15) is 4.79 Å². The number of aryl methyl sites for hydroxylation is 2. The van der Waals surface area contributed by atoms with Gasteiger partial charge in [-0.05, 0) is 50.6 Å². The molecule has 1 atom stereocenters. The second-order valence-corrected chi connectivity index (χ2v) is 6.90. The Hall–Kier alpha value is -1.55. The minimum Gasteiger partial charge on any atom is -0.348 e. The molecule has 21 heavy (non-hydrogen) atoms. The summed E-state index contributed by atoms with van der Waals surface area (Å²) in [5.74, 6) is 2.20. The van der Waals surface area contributed by atoms with Crippen molar-refractivity contribution in [3.63, 3.8) is 0 Å². The number of hydrogen-bond donors (Lipinski definition) is 1. The van der Waals surface area contributed by atoms with Crippen molar-refractivity contribution < 1.29 is 4.79 Å². The number of fused-ring (bicyclic) bond motifs is 1. The van der Waals surface area contributed by atoms with Gasteiger partial charge >= 0.3 is 0 Å². The number of aromatic nitrogens is 1. The van der Waals surface area contributed by atoms with Crippen LogP contribution in [0.15, 0.2) is 18.2 Å². The van der Waals surface area contributed by atoms with Crippen molar-refractivity contribution in [2.75, 3.05) is 11.5 Å². The van der Waals surface area contributed by atoms with Crippen molar-refractivity contribution >= 4 is 28.6 Å². The Morgan fingerprint density at radius 1 is 1.33 bits per heavy atom. The molecular formula is C17H20N2OS. The molecule has 0 spiro atoms. The molecule has 0 aliphatic carbocycles. The third kappa shape index (κ3) is 2.77. The zero-order chi connectivity index (χ0) is 15.0. The number of thioether (sulfide) groups is 1. The van der Waals surface area contributed by atoms with Crippen molar-refractivity contribution in [1.82, 2.24) is 10.3 Å². The van der Waals surface area contributed by atoms with Crippen LogP contribution < -0.4 is 5.32 Å². The lowest BCUT2D eigenvalue weighted by Crippen LogP contribution is -2.35. The van der Waals surface area contributed by atoms with E-state index in [1.54, 1.807) is 0 Å². The number of carbonyl (C=O) groups excluding carboxylic acids is 1. The van der Waals surface area contributed by atoms with Crippen LogP contribution in [0.5, 0.6) is 0 Å². The molecule has 1 aromatic heterocycles. The molecule has 2 aromatic rings. The molecule has 1 N–H and O–H groups in total. The number of benzene rings is 1. The summed E-state index contributed by atoms with van der Waals surface area (Å²) in [4.78, 5) is 17.4. The Morgan fingerprint density at radius 3 is 2.86 bits per heavy atom. The maximum absolute atomic E-state index is 12.8. The summed E-state index contributed by atoms with van der Waals surface area (Å²) < 4.78 is 0.